The van der Waals surface area contributed by atoms with Crippen LogP contribution in [0.3, 0.4) is 0 Å². The molecular formula is C13H15BrN2O. The molecule has 0 spiro atoms. The number of nitrogens with zero attached hydrogens (tertiary/aromatic N) is 2. The van der Waals surface area contributed by atoms with Gasteiger partial charge < -0.3 is 4.74 Å². The van der Waals surface area contributed by atoms with E-state index in [1.165, 1.54) is 11.1 Å². The van der Waals surface area contributed by atoms with E-state index in [0.29, 0.717) is 6.61 Å². The highest BCUT2D eigenvalue weighted by atomic mass is 79.9. The van der Waals surface area contributed by atoms with Gasteiger partial charge in [0.25, 0.3) is 0 Å². The maximum Gasteiger partial charge on any atom is 0.132 e. The zero-order chi connectivity index (χ0) is 12.3. The van der Waals surface area contributed by atoms with Crippen molar-refractivity contribution in [1.82, 2.24) is 9.78 Å². The van der Waals surface area contributed by atoms with Crippen LogP contribution in [0.2, 0.25) is 0 Å². The molecule has 0 fully saturated rings. The molecule has 4 heteroatoms. The minimum atomic E-state index is 0.504. The quantitative estimate of drug-likeness (QED) is 0.810. The summed E-state index contributed by atoms with van der Waals surface area (Å²) >= 11 is 3.47. The molecule has 0 unspecified atom stereocenters. The van der Waals surface area contributed by atoms with E-state index in [9.17, 15) is 0 Å². The summed E-state index contributed by atoms with van der Waals surface area (Å²) in [6, 6.07) is 8.15. The molecule has 0 saturated heterocycles. The van der Waals surface area contributed by atoms with Crippen LogP contribution >= 0.6 is 15.9 Å². The fourth-order valence-corrected chi connectivity index (χ4v) is 2.08. The molecule has 17 heavy (non-hydrogen) atoms. The number of benzene rings is 1. The summed E-state index contributed by atoms with van der Waals surface area (Å²) in [7, 11) is 1.90. The van der Waals surface area contributed by atoms with E-state index < -0.39 is 0 Å². The van der Waals surface area contributed by atoms with Crippen molar-refractivity contribution < 1.29 is 4.74 Å². The van der Waals surface area contributed by atoms with Gasteiger partial charge in [0.05, 0.1) is 5.69 Å². The lowest BCUT2D eigenvalue weighted by molar-refractivity contribution is 0.298. The molecule has 0 N–H and O–H groups in total. The Hall–Kier alpha value is -1.29. The second-order valence-electron chi connectivity index (χ2n) is 4.01. The summed E-state index contributed by atoms with van der Waals surface area (Å²) in [4.78, 5) is 0. The third kappa shape index (κ3) is 3.09. The molecule has 0 aliphatic carbocycles. The first-order valence-corrected chi connectivity index (χ1v) is 6.58. The summed E-state index contributed by atoms with van der Waals surface area (Å²) in [5.41, 5.74) is 3.35. The molecule has 0 atom stereocenters. The first kappa shape index (κ1) is 12.2. The van der Waals surface area contributed by atoms with Crippen molar-refractivity contribution in [1.29, 1.82) is 0 Å². The van der Waals surface area contributed by atoms with E-state index in [0.717, 1.165) is 16.8 Å². The Balaban J connectivity index is 2.08. The minimum absolute atomic E-state index is 0.504. The average molecular weight is 295 g/mol. The molecule has 90 valence electrons. The monoisotopic (exact) mass is 294 g/mol. The molecule has 0 bridgehead atoms. The van der Waals surface area contributed by atoms with Crippen LogP contribution in [0.5, 0.6) is 5.75 Å². The van der Waals surface area contributed by atoms with Gasteiger partial charge in [0, 0.05) is 24.1 Å². The second kappa shape index (κ2) is 5.36. The van der Waals surface area contributed by atoms with Crippen LogP contribution in [-0.4, -0.2) is 9.78 Å². The van der Waals surface area contributed by atoms with Crippen LogP contribution in [-0.2, 0) is 19.0 Å². The van der Waals surface area contributed by atoms with Gasteiger partial charge in [-0.05, 0) is 19.1 Å². The van der Waals surface area contributed by atoms with Crippen molar-refractivity contribution in [3.8, 4) is 5.75 Å². The third-order valence-corrected chi connectivity index (χ3v) is 3.11. The van der Waals surface area contributed by atoms with E-state index in [2.05, 4.69) is 40.1 Å². The molecule has 1 aromatic carbocycles. The summed E-state index contributed by atoms with van der Waals surface area (Å²) in [6.07, 6.45) is 1.92. The van der Waals surface area contributed by atoms with Gasteiger partial charge in [-0.1, -0.05) is 33.6 Å². The first-order chi connectivity index (χ1) is 8.19. The SMILES string of the molecule is Cc1ccc(OCc2ccn(C)n2)c(CBr)c1. The van der Waals surface area contributed by atoms with Crippen LogP contribution < -0.4 is 4.74 Å². The second-order valence-corrected chi connectivity index (χ2v) is 4.57. The Morgan fingerprint density at radius 3 is 2.82 bits per heavy atom. The molecular weight excluding hydrogens is 280 g/mol. The van der Waals surface area contributed by atoms with Gasteiger partial charge >= 0.3 is 0 Å². The normalized spacial score (nSPS) is 10.5. The summed E-state index contributed by atoms with van der Waals surface area (Å²) in [5.74, 6) is 0.915. The highest BCUT2D eigenvalue weighted by Crippen LogP contribution is 2.23. The van der Waals surface area contributed by atoms with Crippen LogP contribution in [0, 0.1) is 6.92 Å². The smallest absolute Gasteiger partial charge is 0.132 e. The lowest BCUT2D eigenvalue weighted by Crippen LogP contribution is -2.00. The molecule has 2 rings (SSSR count). The van der Waals surface area contributed by atoms with Crippen LogP contribution in [0.15, 0.2) is 30.5 Å². The molecule has 0 aliphatic rings. The summed E-state index contributed by atoms with van der Waals surface area (Å²) < 4.78 is 7.55. The Kier molecular flexibility index (Phi) is 3.84. The Bertz CT molecular complexity index is 508. The third-order valence-electron chi connectivity index (χ3n) is 2.50. The minimum Gasteiger partial charge on any atom is -0.487 e. The lowest BCUT2D eigenvalue weighted by atomic mass is 10.1. The molecule has 2 aromatic rings. The molecule has 0 amide bonds. The van der Waals surface area contributed by atoms with E-state index in [-0.39, 0.29) is 0 Å². The van der Waals surface area contributed by atoms with E-state index in [1.807, 2.05) is 25.4 Å². The van der Waals surface area contributed by atoms with Crippen LogP contribution in [0.4, 0.5) is 0 Å². The Morgan fingerprint density at radius 1 is 1.35 bits per heavy atom. The Labute approximate surface area is 110 Å². The maximum atomic E-state index is 5.78. The lowest BCUT2D eigenvalue weighted by Gasteiger charge is -2.09. The number of halogens is 1. The summed E-state index contributed by atoms with van der Waals surface area (Å²) in [5, 5.41) is 5.08. The van der Waals surface area contributed by atoms with Crippen LogP contribution in [0.1, 0.15) is 16.8 Å². The number of aryl methyl sites for hydroxylation is 2. The fourth-order valence-electron chi connectivity index (χ4n) is 1.65. The zero-order valence-corrected chi connectivity index (χ0v) is 11.6. The molecule has 0 radical (unpaired) electrons. The van der Waals surface area contributed by atoms with E-state index in [4.69, 9.17) is 4.74 Å². The predicted molar refractivity (Wildman–Crippen MR) is 71.4 cm³/mol. The fraction of sp³-hybridized carbons (Fsp3) is 0.308. The van der Waals surface area contributed by atoms with Gasteiger partial charge in [-0.3, -0.25) is 4.68 Å². The number of hydrogen-bond donors (Lipinski definition) is 0. The summed E-state index contributed by atoms with van der Waals surface area (Å²) in [6.45, 7) is 2.58. The zero-order valence-electron chi connectivity index (χ0n) is 9.98. The van der Waals surface area contributed by atoms with Crippen molar-refractivity contribution in [2.75, 3.05) is 0 Å². The van der Waals surface area contributed by atoms with E-state index >= 15 is 0 Å². The van der Waals surface area contributed by atoms with Crippen molar-refractivity contribution in [2.45, 2.75) is 18.9 Å². The molecule has 0 saturated carbocycles. The largest absolute Gasteiger partial charge is 0.487 e. The first-order valence-electron chi connectivity index (χ1n) is 5.46. The van der Waals surface area contributed by atoms with Crippen molar-refractivity contribution in [3.63, 3.8) is 0 Å². The van der Waals surface area contributed by atoms with Gasteiger partial charge in [0.15, 0.2) is 0 Å². The van der Waals surface area contributed by atoms with Gasteiger partial charge in [-0.25, -0.2) is 0 Å². The number of ether oxygens (including phenoxy) is 1. The van der Waals surface area contributed by atoms with Crippen molar-refractivity contribution in [3.05, 3.63) is 47.3 Å². The molecule has 1 aromatic heterocycles. The number of hydrogen-bond acceptors (Lipinski definition) is 2. The average Bonchev–Trinajstić information content (AvgIpc) is 2.73. The van der Waals surface area contributed by atoms with Gasteiger partial charge in [-0.2, -0.15) is 5.10 Å². The van der Waals surface area contributed by atoms with E-state index in [1.54, 1.807) is 4.68 Å². The number of aromatic nitrogens is 2. The maximum absolute atomic E-state index is 5.78. The molecule has 3 nitrogen and oxygen atoms in total. The Morgan fingerprint density at radius 2 is 2.18 bits per heavy atom. The molecule has 0 aliphatic heterocycles. The van der Waals surface area contributed by atoms with Crippen molar-refractivity contribution in [2.24, 2.45) is 7.05 Å². The topological polar surface area (TPSA) is 27.1 Å². The van der Waals surface area contributed by atoms with Gasteiger partial charge in [-0.15, -0.1) is 0 Å². The highest BCUT2D eigenvalue weighted by Gasteiger charge is 2.04. The van der Waals surface area contributed by atoms with Crippen molar-refractivity contribution >= 4 is 15.9 Å². The van der Waals surface area contributed by atoms with Crippen LogP contribution in [0.25, 0.3) is 0 Å². The number of alkyl halides is 1. The highest BCUT2D eigenvalue weighted by molar-refractivity contribution is 9.08. The van der Waals surface area contributed by atoms with Gasteiger partial charge in [0.2, 0.25) is 0 Å². The standard InChI is InChI=1S/C13H15BrN2O/c1-10-3-4-13(11(7-10)8-14)17-9-12-5-6-16(2)15-12/h3-7H,8-9H2,1-2H3. The van der Waals surface area contributed by atoms with Gasteiger partial charge in [0.1, 0.15) is 12.4 Å². The predicted octanol–water partition coefficient (Wildman–Crippen LogP) is 3.20. The number of rotatable bonds is 4. The molecule has 1 heterocycles.